The molecule has 98 valence electrons. The lowest BCUT2D eigenvalue weighted by molar-refractivity contribution is 0.240. The van der Waals surface area contributed by atoms with Crippen LogP contribution in [0.2, 0.25) is 0 Å². The van der Waals surface area contributed by atoms with E-state index in [9.17, 15) is 0 Å². The van der Waals surface area contributed by atoms with Gasteiger partial charge in [0, 0.05) is 37.6 Å². The molecule has 1 fully saturated rings. The molecule has 0 atom stereocenters. The summed E-state index contributed by atoms with van der Waals surface area (Å²) in [5.41, 5.74) is 0.300. The third-order valence-electron chi connectivity index (χ3n) is 3.39. The monoisotopic (exact) mass is 251 g/mol. The number of aliphatic hydroxyl groups excluding tert-OH is 1. The van der Waals surface area contributed by atoms with Gasteiger partial charge >= 0.3 is 7.12 Å². The normalized spacial score (nSPS) is 16.9. The first-order chi connectivity index (χ1) is 8.70. The van der Waals surface area contributed by atoms with Crippen molar-refractivity contribution in [1.82, 2.24) is 9.97 Å². The molecular weight excluding hydrogens is 233 g/mol. The molecule has 0 aliphatic carbocycles. The molecule has 1 saturated heterocycles. The molecule has 0 aromatic carbocycles. The topological polar surface area (TPSA) is 89.7 Å². The van der Waals surface area contributed by atoms with Gasteiger partial charge in [-0.1, -0.05) is 0 Å². The lowest BCUT2D eigenvalue weighted by atomic mass is 9.83. The highest BCUT2D eigenvalue weighted by atomic mass is 16.4. The minimum absolute atomic E-state index is 0.254. The zero-order valence-electron chi connectivity index (χ0n) is 10.2. The first kappa shape index (κ1) is 13.3. The lowest BCUT2D eigenvalue weighted by Crippen LogP contribution is -2.36. The van der Waals surface area contributed by atoms with Crippen LogP contribution in [0.1, 0.15) is 19.3 Å². The molecule has 18 heavy (non-hydrogen) atoms. The molecule has 1 aromatic heterocycles. The second-order valence-corrected chi connectivity index (χ2v) is 4.63. The highest BCUT2D eigenvalue weighted by Crippen LogP contribution is 2.22. The van der Waals surface area contributed by atoms with Crippen molar-refractivity contribution in [2.75, 3.05) is 24.6 Å². The first-order valence-electron chi connectivity index (χ1n) is 6.24. The van der Waals surface area contributed by atoms with E-state index in [2.05, 4.69) is 14.9 Å². The molecular formula is C11H18BN3O3. The van der Waals surface area contributed by atoms with E-state index < -0.39 is 7.12 Å². The highest BCUT2D eigenvalue weighted by molar-refractivity contribution is 6.58. The van der Waals surface area contributed by atoms with Gasteiger partial charge in [-0.3, -0.25) is 0 Å². The summed E-state index contributed by atoms with van der Waals surface area (Å²) in [6, 6.07) is 0. The van der Waals surface area contributed by atoms with E-state index in [-0.39, 0.29) is 6.61 Å². The molecule has 0 unspecified atom stereocenters. The average molecular weight is 251 g/mol. The summed E-state index contributed by atoms with van der Waals surface area (Å²) < 4.78 is 0. The van der Waals surface area contributed by atoms with Gasteiger partial charge in [-0.05, 0) is 25.2 Å². The van der Waals surface area contributed by atoms with Crippen LogP contribution < -0.4 is 10.4 Å². The Kier molecular flexibility index (Phi) is 4.51. The SMILES string of the molecule is OCCC1CCN(c2ncc(B(O)O)cn2)CC1. The Morgan fingerprint density at radius 2 is 1.83 bits per heavy atom. The van der Waals surface area contributed by atoms with Gasteiger partial charge in [0.2, 0.25) is 5.95 Å². The van der Waals surface area contributed by atoms with Gasteiger partial charge in [0.25, 0.3) is 0 Å². The van der Waals surface area contributed by atoms with E-state index >= 15 is 0 Å². The highest BCUT2D eigenvalue weighted by Gasteiger charge is 2.21. The third-order valence-corrected chi connectivity index (χ3v) is 3.39. The summed E-state index contributed by atoms with van der Waals surface area (Å²) in [4.78, 5) is 10.4. The summed E-state index contributed by atoms with van der Waals surface area (Å²) >= 11 is 0. The second kappa shape index (κ2) is 6.13. The Morgan fingerprint density at radius 1 is 1.22 bits per heavy atom. The smallest absolute Gasteiger partial charge is 0.423 e. The van der Waals surface area contributed by atoms with Crippen LogP contribution in [0.3, 0.4) is 0 Å². The van der Waals surface area contributed by atoms with Crippen LogP contribution in [0.25, 0.3) is 0 Å². The Balaban J connectivity index is 1.93. The van der Waals surface area contributed by atoms with Crippen LogP contribution in [-0.2, 0) is 0 Å². The summed E-state index contributed by atoms with van der Waals surface area (Å²) in [5.74, 6) is 1.21. The van der Waals surface area contributed by atoms with Gasteiger partial charge in [-0.2, -0.15) is 0 Å². The Hall–Kier alpha value is -1.18. The molecule has 2 heterocycles. The molecule has 3 N–H and O–H groups in total. The van der Waals surface area contributed by atoms with Crippen molar-refractivity contribution in [2.45, 2.75) is 19.3 Å². The minimum atomic E-state index is -1.52. The predicted molar refractivity (Wildman–Crippen MR) is 68.5 cm³/mol. The lowest BCUT2D eigenvalue weighted by Gasteiger charge is -2.31. The quantitative estimate of drug-likeness (QED) is 0.580. The van der Waals surface area contributed by atoms with Crippen molar-refractivity contribution >= 4 is 18.5 Å². The third kappa shape index (κ3) is 3.19. The van der Waals surface area contributed by atoms with Gasteiger partial charge in [0.1, 0.15) is 0 Å². The van der Waals surface area contributed by atoms with Crippen molar-refractivity contribution in [3.63, 3.8) is 0 Å². The van der Waals surface area contributed by atoms with Crippen LogP contribution in [0.15, 0.2) is 12.4 Å². The van der Waals surface area contributed by atoms with Crippen LogP contribution in [-0.4, -0.2) is 51.9 Å². The van der Waals surface area contributed by atoms with Crippen LogP contribution in [0.4, 0.5) is 5.95 Å². The fraction of sp³-hybridized carbons (Fsp3) is 0.636. The molecule has 1 aromatic rings. The first-order valence-corrected chi connectivity index (χ1v) is 6.24. The molecule has 1 aliphatic heterocycles. The zero-order valence-corrected chi connectivity index (χ0v) is 10.2. The summed E-state index contributed by atoms with van der Waals surface area (Å²) in [6.07, 6.45) is 5.81. The zero-order chi connectivity index (χ0) is 13.0. The van der Waals surface area contributed by atoms with Crippen molar-refractivity contribution in [2.24, 2.45) is 5.92 Å². The Bertz CT molecular complexity index is 366. The second-order valence-electron chi connectivity index (χ2n) is 4.63. The fourth-order valence-electron chi connectivity index (χ4n) is 2.23. The number of aromatic nitrogens is 2. The van der Waals surface area contributed by atoms with E-state index in [1.54, 1.807) is 0 Å². The molecule has 0 spiro atoms. The standard InChI is InChI=1S/C11H18BN3O3/c16-6-3-9-1-4-15(5-2-9)11-13-7-10(8-14-11)12(17)18/h7-9,16-18H,1-6H2. The Labute approximate surface area is 106 Å². The number of piperidine rings is 1. The average Bonchev–Trinajstić information content (AvgIpc) is 2.40. The van der Waals surface area contributed by atoms with E-state index in [0.717, 1.165) is 32.4 Å². The molecule has 0 bridgehead atoms. The van der Waals surface area contributed by atoms with Gasteiger partial charge in [-0.25, -0.2) is 9.97 Å². The molecule has 0 amide bonds. The number of nitrogens with zero attached hydrogens (tertiary/aromatic N) is 3. The number of aliphatic hydroxyl groups is 1. The van der Waals surface area contributed by atoms with Gasteiger partial charge < -0.3 is 20.1 Å². The molecule has 7 heteroatoms. The van der Waals surface area contributed by atoms with Gasteiger partial charge in [0.15, 0.2) is 0 Å². The molecule has 2 rings (SSSR count). The number of rotatable bonds is 4. The molecule has 0 saturated carbocycles. The molecule has 0 radical (unpaired) electrons. The minimum Gasteiger partial charge on any atom is -0.423 e. The fourth-order valence-corrected chi connectivity index (χ4v) is 2.23. The maximum Gasteiger partial charge on any atom is 0.491 e. The van der Waals surface area contributed by atoms with E-state index in [1.807, 2.05) is 0 Å². The van der Waals surface area contributed by atoms with Crippen LogP contribution in [0.5, 0.6) is 0 Å². The molecule has 6 nitrogen and oxygen atoms in total. The number of hydrogen-bond donors (Lipinski definition) is 3. The number of anilines is 1. The van der Waals surface area contributed by atoms with E-state index in [4.69, 9.17) is 15.2 Å². The van der Waals surface area contributed by atoms with Gasteiger partial charge in [0.05, 0.1) is 0 Å². The van der Waals surface area contributed by atoms with Crippen molar-refractivity contribution in [3.05, 3.63) is 12.4 Å². The van der Waals surface area contributed by atoms with E-state index in [1.165, 1.54) is 12.4 Å². The Morgan fingerprint density at radius 3 is 2.33 bits per heavy atom. The van der Waals surface area contributed by atoms with Crippen molar-refractivity contribution < 1.29 is 15.2 Å². The largest absolute Gasteiger partial charge is 0.491 e. The van der Waals surface area contributed by atoms with Gasteiger partial charge in [-0.15, -0.1) is 0 Å². The maximum absolute atomic E-state index is 8.96. The predicted octanol–water partition coefficient (Wildman–Crippen LogP) is -1.24. The maximum atomic E-state index is 8.96. The van der Waals surface area contributed by atoms with Crippen LogP contribution in [0, 0.1) is 5.92 Å². The van der Waals surface area contributed by atoms with Crippen LogP contribution >= 0.6 is 0 Å². The summed E-state index contributed by atoms with van der Waals surface area (Å²) in [5, 5.41) is 26.8. The van der Waals surface area contributed by atoms with E-state index in [0.29, 0.717) is 17.3 Å². The van der Waals surface area contributed by atoms with Crippen molar-refractivity contribution in [1.29, 1.82) is 0 Å². The summed E-state index contributed by atoms with van der Waals surface area (Å²) in [6.45, 7) is 2.02. The van der Waals surface area contributed by atoms with Crippen molar-refractivity contribution in [3.8, 4) is 0 Å². The number of hydrogen-bond acceptors (Lipinski definition) is 6. The summed E-state index contributed by atoms with van der Waals surface area (Å²) in [7, 11) is -1.52. The molecule has 1 aliphatic rings.